The molecule has 6 heteroatoms. The van der Waals surface area contributed by atoms with E-state index in [2.05, 4.69) is 108 Å². The molecular weight excluding hydrogens is 669 g/mol. The van der Waals surface area contributed by atoms with Gasteiger partial charge in [-0.05, 0) is 110 Å². The van der Waals surface area contributed by atoms with Crippen LogP contribution in [-0.2, 0) is 20.8 Å². The molecule has 1 aromatic carbocycles. The topological polar surface area (TPSA) is 27.7 Å². The highest BCUT2D eigenvalue weighted by Crippen LogP contribution is 2.29. The molecule has 0 radical (unpaired) electrons. The summed E-state index contributed by atoms with van der Waals surface area (Å²) in [5, 5.41) is 0. The first-order chi connectivity index (χ1) is 12.2. The van der Waals surface area contributed by atoms with Gasteiger partial charge in [-0.3, -0.25) is 0 Å². The molecule has 0 N–H and O–H groups in total. The van der Waals surface area contributed by atoms with E-state index in [-0.39, 0.29) is 18.5 Å². The third kappa shape index (κ3) is 6.67. The second-order valence-corrected chi connectivity index (χ2v) is 11.1. The Morgan fingerprint density at radius 3 is 2.42 bits per heavy atom. The number of ether oxygens (including phenoxy) is 3. The van der Waals surface area contributed by atoms with E-state index in [1.165, 1.54) is 21.8 Å². The van der Waals surface area contributed by atoms with Crippen LogP contribution >= 0.6 is 67.8 Å². The SMILES string of the molecule is Cc1c(I)cc(I)c(I)c1COCC1OC(CC(C)C)CC(C(C)C)O1. The average molecular weight is 698 g/mol. The van der Waals surface area contributed by atoms with E-state index in [4.69, 9.17) is 14.2 Å². The van der Waals surface area contributed by atoms with E-state index in [1.807, 2.05) is 0 Å². The summed E-state index contributed by atoms with van der Waals surface area (Å²) in [6, 6.07) is 2.22. The van der Waals surface area contributed by atoms with Gasteiger partial charge in [-0.1, -0.05) is 27.7 Å². The standard InChI is InChI=1S/C20H29I3O3/c1-11(2)6-14-7-18(12(3)4)26-19(25-14)10-24-9-15-13(5)16(21)8-17(22)20(15)23/h8,11-12,14,18-19H,6-7,9-10H2,1-5H3. The van der Waals surface area contributed by atoms with Crippen LogP contribution in [0.5, 0.6) is 0 Å². The van der Waals surface area contributed by atoms with Crippen molar-refractivity contribution in [1.82, 2.24) is 0 Å². The highest BCUT2D eigenvalue weighted by Gasteiger charge is 2.32. The van der Waals surface area contributed by atoms with Crippen molar-refractivity contribution in [2.24, 2.45) is 11.8 Å². The lowest BCUT2D eigenvalue weighted by atomic mass is 9.95. The van der Waals surface area contributed by atoms with Crippen LogP contribution in [0.1, 0.15) is 51.7 Å². The van der Waals surface area contributed by atoms with E-state index in [1.54, 1.807) is 0 Å². The number of hydrogen-bond acceptors (Lipinski definition) is 3. The second kappa shape index (κ2) is 10.9. The zero-order chi connectivity index (χ0) is 19.4. The lowest BCUT2D eigenvalue weighted by Gasteiger charge is -2.38. The maximum atomic E-state index is 6.17. The summed E-state index contributed by atoms with van der Waals surface area (Å²) < 4.78 is 22.2. The van der Waals surface area contributed by atoms with E-state index in [9.17, 15) is 0 Å². The first-order valence-electron chi connectivity index (χ1n) is 9.20. The van der Waals surface area contributed by atoms with Crippen LogP contribution in [0.2, 0.25) is 0 Å². The van der Waals surface area contributed by atoms with Crippen molar-refractivity contribution in [3.05, 3.63) is 27.9 Å². The first-order valence-corrected chi connectivity index (χ1v) is 12.4. The van der Waals surface area contributed by atoms with Gasteiger partial charge in [-0.15, -0.1) is 0 Å². The number of halogens is 3. The molecule has 148 valence electrons. The monoisotopic (exact) mass is 698 g/mol. The van der Waals surface area contributed by atoms with E-state index in [0.717, 1.165) is 12.8 Å². The zero-order valence-corrected chi connectivity index (χ0v) is 22.6. The summed E-state index contributed by atoms with van der Waals surface area (Å²) in [6.07, 6.45) is 2.32. The van der Waals surface area contributed by atoms with Crippen LogP contribution in [0.4, 0.5) is 0 Å². The Morgan fingerprint density at radius 1 is 1.12 bits per heavy atom. The van der Waals surface area contributed by atoms with E-state index < -0.39 is 0 Å². The fraction of sp³-hybridized carbons (Fsp3) is 0.700. The molecule has 1 fully saturated rings. The van der Waals surface area contributed by atoms with Gasteiger partial charge in [-0.2, -0.15) is 0 Å². The molecule has 0 amide bonds. The van der Waals surface area contributed by atoms with Crippen molar-refractivity contribution in [2.75, 3.05) is 6.61 Å². The van der Waals surface area contributed by atoms with Crippen molar-refractivity contribution in [3.8, 4) is 0 Å². The number of benzene rings is 1. The van der Waals surface area contributed by atoms with E-state index in [0.29, 0.717) is 25.0 Å². The van der Waals surface area contributed by atoms with Gasteiger partial charge in [-0.25, -0.2) is 0 Å². The van der Waals surface area contributed by atoms with Crippen molar-refractivity contribution in [2.45, 2.75) is 72.6 Å². The van der Waals surface area contributed by atoms with Crippen LogP contribution in [0.15, 0.2) is 6.07 Å². The van der Waals surface area contributed by atoms with Gasteiger partial charge in [0.25, 0.3) is 0 Å². The largest absolute Gasteiger partial charge is 0.371 e. The Morgan fingerprint density at radius 2 is 1.81 bits per heavy atom. The molecule has 3 nitrogen and oxygen atoms in total. The van der Waals surface area contributed by atoms with Gasteiger partial charge in [0.05, 0.1) is 25.4 Å². The molecule has 1 aliphatic heterocycles. The highest BCUT2D eigenvalue weighted by atomic mass is 127. The van der Waals surface area contributed by atoms with Crippen LogP contribution < -0.4 is 0 Å². The molecule has 0 spiro atoms. The van der Waals surface area contributed by atoms with Gasteiger partial charge in [0.2, 0.25) is 0 Å². The fourth-order valence-electron chi connectivity index (χ4n) is 3.16. The van der Waals surface area contributed by atoms with Gasteiger partial charge in [0.15, 0.2) is 6.29 Å². The van der Waals surface area contributed by atoms with Crippen LogP contribution in [0, 0.1) is 29.5 Å². The predicted octanol–water partition coefficient (Wildman–Crippen LogP) is 6.53. The van der Waals surface area contributed by atoms with Crippen molar-refractivity contribution < 1.29 is 14.2 Å². The molecule has 0 bridgehead atoms. The van der Waals surface area contributed by atoms with Gasteiger partial charge >= 0.3 is 0 Å². The lowest BCUT2D eigenvalue weighted by Crippen LogP contribution is -2.43. The zero-order valence-electron chi connectivity index (χ0n) is 16.2. The molecule has 1 saturated heterocycles. The molecular formula is C20H29I3O3. The van der Waals surface area contributed by atoms with Gasteiger partial charge in [0, 0.05) is 17.1 Å². The third-order valence-corrected chi connectivity index (χ3v) is 8.92. The number of hydrogen-bond donors (Lipinski definition) is 0. The predicted molar refractivity (Wildman–Crippen MR) is 131 cm³/mol. The summed E-state index contributed by atoms with van der Waals surface area (Å²) in [7, 11) is 0. The Labute approximate surface area is 199 Å². The Bertz CT molecular complexity index is 578. The number of rotatable bonds is 7. The first kappa shape index (κ1) is 23.6. The molecule has 0 aromatic heterocycles. The maximum absolute atomic E-state index is 6.17. The van der Waals surface area contributed by atoms with Gasteiger partial charge < -0.3 is 14.2 Å². The molecule has 1 aromatic rings. The maximum Gasteiger partial charge on any atom is 0.181 e. The quantitative estimate of drug-likeness (QED) is 0.240. The molecule has 3 unspecified atom stereocenters. The molecule has 3 atom stereocenters. The van der Waals surface area contributed by atoms with Gasteiger partial charge in [0.1, 0.15) is 0 Å². The summed E-state index contributed by atoms with van der Waals surface area (Å²) in [6.45, 7) is 12.2. The summed E-state index contributed by atoms with van der Waals surface area (Å²) in [4.78, 5) is 0. The Balaban J connectivity index is 1.98. The molecule has 1 aliphatic rings. The average Bonchev–Trinajstić information content (AvgIpc) is 2.55. The van der Waals surface area contributed by atoms with Crippen molar-refractivity contribution >= 4 is 67.8 Å². The molecule has 1 heterocycles. The minimum Gasteiger partial charge on any atom is -0.371 e. The van der Waals surface area contributed by atoms with E-state index >= 15 is 0 Å². The fourth-order valence-corrected chi connectivity index (χ4v) is 5.75. The van der Waals surface area contributed by atoms with Crippen LogP contribution in [0.25, 0.3) is 0 Å². The highest BCUT2D eigenvalue weighted by molar-refractivity contribution is 14.1. The van der Waals surface area contributed by atoms with Crippen LogP contribution in [0.3, 0.4) is 0 Å². The molecule has 0 saturated carbocycles. The summed E-state index contributed by atoms with van der Waals surface area (Å²) >= 11 is 7.21. The summed E-state index contributed by atoms with van der Waals surface area (Å²) in [5.74, 6) is 1.13. The lowest BCUT2D eigenvalue weighted by molar-refractivity contribution is -0.269. The molecule has 2 rings (SSSR count). The smallest absolute Gasteiger partial charge is 0.181 e. The minimum absolute atomic E-state index is 0.251. The van der Waals surface area contributed by atoms with Crippen LogP contribution in [-0.4, -0.2) is 25.1 Å². The van der Waals surface area contributed by atoms with Crippen molar-refractivity contribution in [3.63, 3.8) is 0 Å². The Kier molecular flexibility index (Phi) is 9.87. The second-order valence-electron chi connectivity index (χ2n) is 7.74. The Hall–Kier alpha value is 1.29. The summed E-state index contributed by atoms with van der Waals surface area (Å²) in [5.41, 5.74) is 2.58. The molecule has 26 heavy (non-hydrogen) atoms. The third-order valence-electron chi connectivity index (χ3n) is 4.68. The van der Waals surface area contributed by atoms with Crippen molar-refractivity contribution in [1.29, 1.82) is 0 Å². The normalized spacial score (nSPS) is 23.8. The molecule has 0 aliphatic carbocycles. The minimum atomic E-state index is -0.264.